The highest BCUT2D eigenvalue weighted by Crippen LogP contribution is 2.35. The first-order chi connectivity index (χ1) is 7.72. The van der Waals surface area contributed by atoms with Gasteiger partial charge in [0.05, 0.1) is 6.54 Å². The largest absolute Gasteiger partial charge is 0.480 e. The third kappa shape index (κ3) is 2.09. The van der Waals surface area contributed by atoms with E-state index in [0.717, 1.165) is 19.4 Å². The van der Waals surface area contributed by atoms with Crippen molar-refractivity contribution in [2.24, 2.45) is 0 Å². The Morgan fingerprint density at radius 2 is 2.25 bits per heavy atom. The molecule has 2 rings (SSSR count). The molecular weight excluding hydrogens is 202 g/mol. The van der Waals surface area contributed by atoms with E-state index in [-0.39, 0.29) is 12.6 Å². The topological polar surface area (TPSA) is 40.5 Å². The summed E-state index contributed by atoms with van der Waals surface area (Å²) in [7, 11) is 0. The van der Waals surface area contributed by atoms with E-state index in [2.05, 4.69) is 18.2 Å². The lowest BCUT2D eigenvalue weighted by molar-refractivity contribution is -0.138. The van der Waals surface area contributed by atoms with Crippen molar-refractivity contribution in [1.29, 1.82) is 0 Å². The minimum absolute atomic E-state index is 0.134. The molecule has 0 heterocycles. The number of benzene rings is 1. The Morgan fingerprint density at radius 3 is 2.94 bits per heavy atom. The first kappa shape index (κ1) is 11.1. The maximum atomic E-state index is 10.8. The summed E-state index contributed by atoms with van der Waals surface area (Å²) in [5, 5.41) is 8.88. The summed E-state index contributed by atoms with van der Waals surface area (Å²) in [5.41, 5.74) is 2.68. The van der Waals surface area contributed by atoms with Gasteiger partial charge in [0, 0.05) is 6.04 Å². The van der Waals surface area contributed by atoms with Crippen molar-refractivity contribution >= 4 is 5.97 Å². The Balaban J connectivity index is 2.19. The third-order valence-corrected chi connectivity index (χ3v) is 3.29. The lowest BCUT2D eigenvalue weighted by Crippen LogP contribution is -2.32. The average Bonchev–Trinajstić information content (AvgIpc) is 2.69. The molecule has 0 aromatic heterocycles. The lowest BCUT2D eigenvalue weighted by Gasteiger charge is -2.26. The van der Waals surface area contributed by atoms with Crippen molar-refractivity contribution in [2.45, 2.75) is 25.8 Å². The molecule has 0 radical (unpaired) electrons. The molecule has 0 aliphatic heterocycles. The summed E-state index contributed by atoms with van der Waals surface area (Å²) < 4.78 is 0. The maximum Gasteiger partial charge on any atom is 0.317 e. The summed E-state index contributed by atoms with van der Waals surface area (Å²) in [5.74, 6) is -0.744. The number of rotatable bonds is 4. The van der Waals surface area contributed by atoms with Crippen molar-refractivity contribution in [1.82, 2.24) is 4.90 Å². The summed E-state index contributed by atoms with van der Waals surface area (Å²) in [4.78, 5) is 12.8. The minimum Gasteiger partial charge on any atom is -0.480 e. The SMILES string of the molecule is CCN(CC(=O)O)C1CCc2ccccc21. The summed E-state index contributed by atoms with van der Waals surface area (Å²) in [6, 6.07) is 8.64. The molecule has 1 atom stereocenters. The molecule has 0 spiro atoms. The van der Waals surface area contributed by atoms with Crippen LogP contribution >= 0.6 is 0 Å². The summed E-state index contributed by atoms with van der Waals surface area (Å²) >= 11 is 0. The van der Waals surface area contributed by atoms with Crippen molar-refractivity contribution in [3.05, 3.63) is 35.4 Å². The molecule has 3 heteroatoms. The van der Waals surface area contributed by atoms with E-state index in [1.807, 2.05) is 17.9 Å². The van der Waals surface area contributed by atoms with Gasteiger partial charge in [0.25, 0.3) is 0 Å². The number of fused-ring (bicyclic) bond motifs is 1. The number of hydrogen-bond acceptors (Lipinski definition) is 2. The Labute approximate surface area is 95.7 Å². The van der Waals surface area contributed by atoms with E-state index < -0.39 is 5.97 Å². The van der Waals surface area contributed by atoms with Crippen molar-refractivity contribution in [3.63, 3.8) is 0 Å². The van der Waals surface area contributed by atoms with E-state index in [4.69, 9.17) is 5.11 Å². The smallest absolute Gasteiger partial charge is 0.317 e. The van der Waals surface area contributed by atoms with Crippen molar-refractivity contribution < 1.29 is 9.90 Å². The Kier molecular flexibility index (Phi) is 3.25. The predicted molar refractivity (Wildman–Crippen MR) is 62.4 cm³/mol. The fraction of sp³-hybridized carbons (Fsp3) is 0.462. The van der Waals surface area contributed by atoms with Crippen LogP contribution in [-0.4, -0.2) is 29.1 Å². The van der Waals surface area contributed by atoms with Crippen LogP contribution in [0.3, 0.4) is 0 Å². The van der Waals surface area contributed by atoms with Crippen molar-refractivity contribution in [2.75, 3.05) is 13.1 Å². The predicted octanol–water partition coefficient (Wildman–Crippen LogP) is 2.08. The van der Waals surface area contributed by atoms with Gasteiger partial charge < -0.3 is 5.11 Å². The van der Waals surface area contributed by atoms with Crippen LogP contribution in [0, 0.1) is 0 Å². The van der Waals surface area contributed by atoms with Gasteiger partial charge in [-0.2, -0.15) is 0 Å². The van der Waals surface area contributed by atoms with Crippen LogP contribution < -0.4 is 0 Å². The van der Waals surface area contributed by atoms with Crippen LogP contribution in [0.2, 0.25) is 0 Å². The van der Waals surface area contributed by atoms with Gasteiger partial charge in [-0.25, -0.2) is 0 Å². The van der Waals surface area contributed by atoms with Gasteiger partial charge in [0.15, 0.2) is 0 Å². The number of likely N-dealkylation sites (N-methyl/N-ethyl adjacent to an activating group) is 1. The molecule has 0 fully saturated rings. The molecule has 0 amide bonds. The molecule has 1 aromatic carbocycles. The van der Waals surface area contributed by atoms with Crippen LogP contribution in [0.1, 0.15) is 30.5 Å². The molecule has 3 nitrogen and oxygen atoms in total. The molecule has 0 saturated carbocycles. The van der Waals surface area contributed by atoms with Gasteiger partial charge in [0.1, 0.15) is 0 Å². The van der Waals surface area contributed by atoms with E-state index in [1.165, 1.54) is 11.1 Å². The van der Waals surface area contributed by atoms with E-state index in [9.17, 15) is 4.79 Å². The number of hydrogen-bond donors (Lipinski definition) is 1. The van der Waals surface area contributed by atoms with Gasteiger partial charge in [-0.1, -0.05) is 31.2 Å². The molecule has 16 heavy (non-hydrogen) atoms. The highest BCUT2D eigenvalue weighted by atomic mass is 16.4. The summed E-state index contributed by atoms with van der Waals surface area (Å²) in [6.45, 7) is 2.94. The lowest BCUT2D eigenvalue weighted by atomic mass is 10.1. The molecular formula is C13H17NO2. The molecule has 0 bridgehead atoms. The fourth-order valence-electron chi connectivity index (χ4n) is 2.53. The highest BCUT2D eigenvalue weighted by molar-refractivity contribution is 5.69. The number of nitrogens with zero attached hydrogens (tertiary/aromatic N) is 1. The number of aryl methyl sites for hydroxylation is 1. The number of carboxylic acids is 1. The monoisotopic (exact) mass is 219 g/mol. The van der Waals surface area contributed by atoms with E-state index >= 15 is 0 Å². The molecule has 1 unspecified atom stereocenters. The second kappa shape index (κ2) is 4.66. The Morgan fingerprint density at radius 1 is 1.50 bits per heavy atom. The third-order valence-electron chi connectivity index (χ3n) is 3.29. The summed E-state index contributed by atoms with van der Waals surface area (Å²) in [6.07, 6.45) is 2.11. The second-order valence-electron chi connectivity index (χ2n) is 4.21. The zero-order valence-electron chi connectivity index (χ0n) is 9.52. The van der Waals surface area contributed by atoms with E-state index in [1.54, 1.807) is 0 Å². The molecule has 1 aliphatic carbocycles. The number of carbonyl (C=O) groups is 1. The van der Waals surface area contributed by atoms with Crippen LogP contribution in [-0.2, 0) is 11.2 Å². The zero-order chi connectivity index (χ0) is 11.5. The Hall–Kier alpha value is -1.35. The number of aliphatic carboxylic acids is 1. The highest BCUT2D eigenvalue weighted by Gasteiger charge is 2.27. The first-order valence-corrected chi connectivity index (χ1v) is 5.76. The zero-order valence-corrected chi connectivity index (χ0v) is 9.52. The first-order valence-electron chi connectivity index (χ1n) is 5.76. The van der Waals surface area contributed by atoms with Gasteiger partial charge in [-0.15, -0.1) is 0 Å². The second-order valence-corrected chi connectivity index (χ2v) is 4.21. The maximum absolute atomic E-state index is 10.8. The van der Waals surface area contributed by atoms with E-state index in [0.29, 0.717) is 0 Å². The molecule has 86 valence electrons. The van der Waals surface area contributed by atoms with Crippen LogP contribution in [0.4, 0.5) is 0 Å². The molecule has 1 aromatic rings. The average molecular weight is 219 g/mol. The molecule has 1 aliphatic rings. The normalized spacial score (nSPS) is 18.8. The molecule has 1 N–H and O–H groups in total. The van der Waals surface area contributed by atoms with Gasteiger partial charge in [-0.05, 0) is 30.5 Å². The molecule has 0 saturated heterocycles. The van der Waals surface area contributed by atoms with Crippen LogP contribution in [0.5, 0.6) is 0 Å². The minimum atomic E-state index is -0.744. The fourth-order valence-corrected chi connectivity index (χ4v) is 2.53. The van der Waals surface area contributed by atoms with Gasteiger partial charge in [-0.3, -0.25) is 9.69 Å². The van der Waals surface area contributed by atoms with Crippen LogP contribution in [0.25, 0.3) is 0 Å². The van der Waals surface area contributed by atoms with Crippen molar-refractivity contribution in [3.8, 4) is 0 Å². The Bertz CT molecular complexity index is 389. The van der Waals surface area contributed by atoms with Gasteiger partial charge >= 0.3 is 5.97 Å². The number of carboxylic acid groups (broad SMARTS) is 1. The van der Waals surface area contributed by atoms with Crippen LogP contribution in [0.15, 0.2) is 24.3 Å². The standard InChI is InChI=1S/C13H17NO2/c1-2-14(9-13(15)16)12-8-7-10-5-3-4-6-11(10)12/h3-6,12H,2,7-9H2,1H3,(H,15,16). The quantitative estimate of drug-likeness (QED) is 0.842. The van der Waals surface area contributed by atoms with Gasteiger partial charge in [0.2, 0.25) is 0 Å².